The number of sulfonamides is 1. The maximum Gasteiger partial charge on any atom is 0.232 e. The van der Waals surface area contributed by atoms with Gasteiger partial charge in [0, 0.05) is 31.3 Å². The molecule has 0 spiro atoms. The van der Waals surface area contributed by atoms with Crippen LogP contribution < -0.4 is 19.1 Å². The number of carbonyl (C=O) groups excluding carboxylic acids is 1. The molecule has 0 bridgehead atoms. The van der Waals surface area contributed by atoms with Gasteiger partial charge >= 0.3 is 0 Å². The summed E-state index contributed by atoms with van der Waals surface area (Å²) >= 11 is 1.67. The van der Waals surface area contributed by atoms with Crippen molar-refractivity contribution in [2.75, 3.05) is 36.2 Å². The maximum absolute atomic E-state index is 12.2. The molecule has 1 N–H and O–H groups in total. The van der Waals surface area contributed by atoms with Gasteiger partial charge in [0.05, 0.1) is 24.0 Å². The van der Waals surface area contributed by atoms with Crippen LogP contribution in [0.1, 0.15) is 18.6 Å². The number of fused-ring (bicyclic) bond motifs is 1. The average molecular weight is 441 g/mol. The minimum atomic E-state index is -3.49. The third-order valence-electron chi connectivity index (χ3n) is 4.20. The van der Waals surface area contributed by atoms with Crippen LogP contribution in [-0.4, -0.2) is 46.2 Å². The Labute approximate surface area is 174 Å². The highest BCUT2D eigenvalue weighted by molar-refractivity contribution is 7.98. The molecule has 1 aliphatic rings. The Kier molecular flexibility index (Phi) is 7.32. The molecule has 0 saturated heterocycles. The molecule has 1 aromatic heterocycles. The normalized spacial score (nSPS) is 12.7. The van der Waals surface area contributed by atoms with Crippen LogP contribution in [0.3, 0.4) is 0 Å². The first-order valence-corrected chi connectivity index (χ1v) is 12.2. The van der Waals surface area contributed by atoms with E-state index in [0.717, 1.165) is 23.5 Å². The zero-order chi connectivity index (χ0) is 20.7. The average Bonchev–Trinajstić information content (AvgIpc) is 3.35. The molecule has 0 unspecified atom stereocenters. The molecule has 0 atom stereocenters. The summed E-state index contributed by atoms with van der Waals surface area (Å²) < 4.78 is 41.5. The highest BCUT2D eigenvalue weighted by Gasteiger charge is 2.21. The second kappa shape index (κ2) is 9.93. The van der Waals surface area contributed by atoms with Crippen molar-refractivity contribution in [1.29, 1.82) is 0 Å². The van der Waals surface area contributed by atoms with Gasteiger partial charge < -0.3 is 19.2 Å². The van der Waals surface area contributed by atoms with Gasteiger partial charge in [0.25, 0.3) is 0 Å². The quantitative estimate of drug-likeness (QED) is 0.536. The van der Waals surface area contributed by atoms with E-state index in [-0.39, 0.29) is 25.7 Å². The Balaban J connectivity index is 1.41. The highest BCUT2D eigenvalue weighted by atomic mass is 32.2. The number of benzene rings is 1. The maximum atomic E-state index is 12.2. The largest absolute Gasteiger partial charge is 0.468 e. The lowest BCUT2D eigenvalue weighted by Gasteiger charge is -2.22. The fraction of sp³-hybridized carbons (Fsp3) is 0.421. The molecule has 158 valence electrons. The van der Waals surface area contributed by atoms with E-state index in [1.165, 1.54) is 4.31 Å². The molecule has 2 aromatic rings. The number of nitrogens with one attached hydrogen (secondary N) is 1. The lowest BCUT2D eigenvalue weighted by molar-refractivity contribution is -0.121. The van der Waals surface area contributed by atoms with Gasteiger partial charge in [-0.05, 0) is 30.7 Å². The van der Waals surface area contributed by atoms with Crippen molar-refractivity contribution in [3.8, 4) is 11.5 Å². The van der Waals surface area contributed by atoms with Crippen LogP contribution in [-0.2, 0) is 20.6 Å². The molecule has 1 amide bonds. The van der Waals surface area contributed by atoms with Crippen molar-refractivity contribution in [3.63, 3.8) is 0 Å². The predicted octanol–water partition coefficient (Wildman–Crippen LogP) is 2.60. The number of hydrogen-bond donors (Lipinski definition) is 1. The third-order valence-corrected chi connectivity index (χ3v) is 6.38. The predicted molar refractivity (Wildman–Crippen MR) is 112 cm³/mol. The first kappa shape index (κ1) is 21.4. The fourth-order valence-corrected chi connectivity index (χ4v) is 4.54. The van der Waals surface area contributed by atoms with E-state index < -0.39 is 10.0 Å². The molecule has 29 heavy (non-hydrogen) atoms. The van der Waals surface area contributed by atoms with Gasteiger partial charge in [-0.3, -0.25) is 9.10 Å². The zero-order valence-corrected chi connectivity index (χ0v) is 17.8. The summed E-state index contributed by atoms with van der Waals surface area (Å²) in [6.07, 6.45) is 3.45. The number of nitrogens with zero attached hydrogens (tertiary/aromatic N) is 1. The standard InChI is InChI=1S/C19H24N2O6S2/c1-29(23,24)21(15-6-7-17-18(12-15)27-14-26-17)9-2-5-19(22)20-8-11-28-13-16-4-3-10-25-16/h3-4,6-7,10,12H,2,5,8-9,11,13-14H2,1H3,(H,20,22). The topological polar surface area (TPSA) is 98.1 Å². The van der Waals surface area contributed by atoms with Crippen LogP contribution in [0, 0.1) is 0 Å². The van der Waals surface area contributed by atoms with Gasteiger partial charge in [0.2, 0.25) is 22.7 Å². The molecule has 1 aliphatic heterocycles. The number of amides is 1. The van der Waals surface area contributed by atoms with E-state index in [0.29, 0.717) is 30.2 Å². The number of ether oxygens (including phenoxy) is 2. The molecule has 1 aromatic carbocycles. The van der Waals surface area contributed by atoms with Crippen LogP contribution >= 0.6 is 11.8 Å². The van der Waals surface area contributed by atoms with Crippen LogP contribution in [0.2, 0.25) is 0 Å². The second-order valence-electron chi connectivity index (χ2n) is 6.46. The highest BCUT2D eigenvalue weighted by Crippen LogP contribution is 2.36. The Morgan fingerprint density at radius 2 is 2.07 bits per heavy atom. The summed E-state index contributed by atoms with van der Waals surface area (Å²) in [5.74, 6) is 3.46. The van der Waals surface area contributed by atoms with Crippen molar-refractivity contribution >= 4 is 33.4 Å². The van der Waals surface area contributed by atoms with E-state index in [2.05, 4.69) is 5.32 Å². The molecular weight excluding hydrogens is 416 g/mol. The molecular formula is C19H24N2O6S2. The van der Waals surface area contributed by atoms with E-state index in [1.54, 1.807) is 36.2 Å². The number of thioether (sulfide) groups is 1. The number of furan rings is 1. The summed E-state index contributed by atoms with van der Waals surface area (Å²) in [6, 6.07) is 8.76. The third kappa shape index (κ3) is 6.33. The number of rotatable bonds is 11. The van der Waals surface area contributed by atoms with E-state index in [4.69, 9.17) is 13.9 Å². The minimum Gasteiger partial charge on any atom is -0.468 e. The fourth-order valence-electron chi connectivity index (χ4n) is 2.83. The van der Waals surface area contributed by atoms with Gasteiger partial charge in [-0.2, -0.15) is 11.8 Å². The Morgan fingerprint density at radius 3 is 2.83 bits per heavy atom. The summed E-state index contributed by atoms with van der Waals surface area (Å²) in [5, 5.41) is 2.85. The van der Waals surface area contributed by atoms with Crippen LogP contribution in [0.25, 0.3) is 0 Å². The van der Waals surface area contributed by atoms with Gasteiger partial charge in [0.1, 0.15) is 5.76 Å². The van der Waals surface area contributed by atoms with Crippen molar-refractivity contribution < 1.29 is 27.1 Å². The minimum absolute atomic E-state index is 0.0947. The van der Waals surface area contributed by atoms with Crippen LogP contribution in [0.5, 0.6) is 11.5 Å². The van der Waals surface area contributed by atoms with Gasteiger partial charge in [0.15, 0.2) is 11.5 Å². The first-order valence-electron chi connectivity index (χ1n) is 9.17. The van der Waals surface area contributed by atoms with Gasteiger partial charge in [-0.25, -0.2) is 8.42 Å². The molecule has 2 heterocycles. The molecule has 8 nitrogen and oxygen atoms in total. The number of anilines is 1. The number of carbonyl (C=O) groups is 1. The molecule has 10 heteroatoms. The summed E-state index contributed by atoms with van der Waals surface area (Å²) in [6.45, 7) is 0.888. The lowest BCUT2D eigenvalue weighted by atomic mass is 10.2. The second-order valence-corrected chi connectivity index (χ2v) is 9.47. The van der Waals surface area contributed by atoms with E-state index >= 15 is 0 Å². The molecule has 0 radical (unpaired) electrons. The zero-order valence-electron chi connectivity index (χ0n) is 16.1. The lowest BCUT2D eigenvalue weighted by Crippen LogP contribution is -2.32. The molecule has 0 aliphatic carbocycles. The summed E-state index contributed by atoms with van der Waals surface area (Å²) in [4.78, 5) is 12.0. The van der Waals surface area contributed by atoms with Crippen molar-refractivity contribution in [2.24, 2.45) is 0 Å². The Hall–Kier alpha value is -2.33. The van der Waals surface area contributed by atoms with Gasteiger partial charge in [-0.1, -0.05) is 0 Å². The smallest absolute Gasteiger partial charge is 0.232 e. The van der Waals surface area contributed by atoms with Crippen molar-refractivity contribution in [3.05, 3.63) is 42.4 Å². The summed E-state index contributed by atoms with van der Waals surface area (Å²) in [5.41, 5.74) is 0.492. The Bertz CT molecular complexity index is 915. The molecule has 3 rings (SSSR count). The van der Waals surface area contributed by atoms with E-state index in [9.17, 15) is 13.2 Å². The summed E-state index contributed by atoms with van der Waals surface area (Å²) in [7, 11) is -3.49. The van der Waals surface area contributed by atoms with Crippen molar-refractivity contribution in [2.45, 2.75) is 18.6 Å². The first-order chi connectivity index (χ1) is 13.9. The monoisotopic (exact) mass is 440 g/mol. The SMILES string of the molecule is CS(=O)(=O)N(CCCC(=O)NCCSCc1ccco1)c1ccc2c(c1)OCO2. The van der Waals surface area contributed by atoms with Crippen LogP contribution in [0.4, 0.5) is 5.69 Å². The van der Waals surface area contributed by atoms with E-state index in [1.807, 2.05) is 12.1 Å². The molecule has 0 saturated carbocycles. The number of hydrogen-bond acceptors (Lipinski definition) is 7. The van der Waals surface area contributed by atoms with Crippen LogP contribution in [0.15, 0.2) is 41.0 Å². The van der Waals surface area contributed by atoms with Gasteiger partial charge in [-0.15, -0.1) is 0 Å². The van der Waals surface area contributed by atoms with Crippen molar-refractivity contribution in [1.82, 2.24) is 5.32 Å². The Morgan fingerprint density at radius 1 is 1.24 bits per heavy atom. The molecule has 0 fully saturated rings.